The molecule has 0 amide bonds. The van der Waals surface area contributed by atoms with Crippen LogP contribution in [0.4, 0.5) is 4.39 Å². The first-order chi connectivity index (χ1) is 8.91. The van der Waals surface area contributed by atoms with Gasteiger partial charge in [0.05, 0.1) is 0 Å². The molecule has 0 N–H and O–H groups in total. The lowest BCUT2D eigenvalue weighted by Crippen LogP contribution is -2.00. The van der Waals surface area contributed by atoms with Crippen LogP contribution >= 0.6 is 23.0 Å². The Kier molecular flexibility index (Phi) is 4.16. The van der Waals surface area contributed by atoms with Crippen molar-refractivity contribution < 1.29 is 20.4 Å². The van der Waals surface area contributed by atoms with Gasteiger partial charge in [-0.1, -0.05) is 5.16 Å². The average Bonchev–Trinajstić information content (AvgIpc) is 2.76. The van der Waals surface area contributed by atoms with Crippen molar-refractivity contribution in [3.63, 3.8) is 0 Å². The minimum atomic E-state index is -3.60. The van der Waals surface area contributed by atoms with Crippen LogP contribution in [0.3, 0.4) is 0 Å². The standard InChI is InChI=1S/C10H8FIN2O4S/c1-19(15,16)8-3-2-6(4-7(8)11)10-13-9(5-17-12)18-14-10/h2-4H,5H2,1H3. The van der Waals surface area contributed by atoms with Gasteiger partial charge in [0.15, 0.2) is 9.84 Å². The summed E-state index contributed by atoms with van der Waals surface area (Å²) in [4.78, 5) is 3.61. The smallest absolute Gasteiger partial charge is 0.254 e. The first-order valence-electron chi connectivity index (χ1n) is 4.98. The van der Waals surface area contributed by atoms with E-state index in [1.807, 2.05) is 0 Å². The number of sulfone groups is 1. The van der Waals surface area contributed by atoms with Gasteiger partial charge in [-0.05, 0) is 18.2 Å². The van der Waals surface area contributed by atoms with Gasteiger partial charge in [-0.25, -0.2) is 12.8 Å². The lowest BCUT2D eigenvalue weighted by Gasteiger charge is -2.01. The van der Waals surface area contributed by atoms with Crippen molar-refractivity contribution in [2.24, 2.45) is 0 Å². The van der Waals surface area contributed by atoms with Crippen molar-refractivity contribution in [2.45, 2.75) is 11.5 Å². The molecule has 0 radical (unpaired) electrons. The molecule has 2 rings (SSSR count). The van der Waals surface area contributed by atoms with E-state index in [2.05, 4.69) is 10.1 Å². The zero-order chi connectivity index (χ0) is 14.0. The van der Waals surface area contributed by atoms with Crippen molar-refractivity contribution in [3.05, 3.63) is 29.9 Å². The van der Waals surface area contributed by atoms with Gasteiger partial charge in [-0.3, -0.25) is 0 Å². The van der Waals surface area contributed by atoms with Gasteiger partial charge < -0.3 is 7.59 Å². The third-order valence-electron chi connectivity index (χ3n) is 2.24. The van der Waals surface area contributed by atoms with Crippen molar-refractivity contribution in [3.8, 4) is 11.4 Å². The number of rotatable bonds is 4. The highest BCUT2D eigenvalue weighted by Crippen LogP contribution is 2.22. The van der Waals surface area contributed by atoms with Gasteiger partial charge in [0, 0.05) is 11.8 Å². The second-order valence-corrected chi connectivity index (χ2v) is 6.29. The molecule has 0 saturated carbocycles. The third kappa shape index (κ3) is 3.28. The first kappa shape index (κ1) is 14.3. The second-order valence-electron chi connectivity index (χ2n) is 3.68. The summed E-state index contributed by atoms with van der Waals surface area (Å²) in [6.07, 6.45) is 0.940. The number of hydrogen-bond acceptors (Lipinski definition) is 6. The summed E-state index contributed by atoms with van der Waals surface area (Å²) in [7, 11) is -3.60. The summed E-state index contributed by atoms with van der Waals surface area (Å²) in [6.45, 7) is 0.136. The van der Waals surface area contributed by atoms with Crippen LogP contribution in [-0.4, -0.2) is 24.8 Å². The molecule has 2 aromatic rings. The van der Waals surface area contributed by atoms with E-state index in [9.17, 15) is 12.8 Å². The summed E-state index contributed by atoms with van der Waals surface area (Å²) in [5.41, 5.74) is 0.327. The molecule has 0 aliphatic rings. The topological polar surface area (TPSA) is 82.3 Å². The highest BCUT2D eigenvalue weighted by molar-refractivity contribution is 14.1. The van der Waals surface area contributed by atoms with Gasteiger partial charge >= 0.3 is 0 Å². The number of aromatic nitrogens is 2. The van der Waals surface area contributed by atoms with Crippen molar-refractivity contribution in [1.29, 1.82) is 0 Å². The van der Waals surface area contributed by atoms with Crippen molar-refractivity contribution in [2.75, 3.05) is 6.26 Å². The van der Waals surface area contributed by atoms with Gasteiger partial charge in [0.2, 0.25) is 5.82 Å². The molecular formula is C10H8FIN2O4S. The SMILES string of the molecule is CS(=O)(=O)c1ccc(-c2noc(COI)n2)cc1F. The minimum absolute atomic E-state index is 0.136. The molecule has 0 aliphatic carbocycles. The molecule has 102 valence electrons. The molecule has 0 fully saturated rings. The maximum Gasteiger partial charge on any atom is 0.254 e. The lowest BCUT2D eigenvalue weighted by atomic mass is 10.2. The Balaban J connectivity index is 2.39. The highest BCUT2D eigenvalue weighted by atomic mass is 127. The molecule has 0 saturated heterocycles. The Bertz CT molecular complexity index is 701. The maximum absolute atomic E-state index is 13.7. The van der Waals surface area contributed by atoms with Crippen molar-refractivity contribution >= 4 is 32.8 Å². The quantitative estimate of drug-likeness (QED) is 0.735. The number of halogens is 2. The molecule has 0 spiro atoms. The van der Waals surface area contributed by atoms with E-state index in [1.165, 1.54) is 12.1 Å². The summed E-state index contributed by atoms with van der Waals surface area (Å²) >= 11 is 1.68. The van der Waals surface area contributed by atoms with Crippen molar-refractivity contribution in [1.82, 2.24) is 10.1 Å². The predicted octanol–water partition coefficient (Wildman–Crippen LogP) is 2.15. The van der Waals surface area contributed by atoms with Crippen LogP contribution in [-0.2, 0) is 19.5 Å². The summed E-state index contributed by atoms with van der Waals surface area (Å²) in [6, 6.07) is 3.64. The van der Waals surface area contributed by atoms with E-state index in [0.717, 1.165) is 12.3 Å². The van der Waals surface area contributed by atoms with Crippen LogP contribution in [0.25, 0.3) is 11.4 Å². The zero-order valence-corrected chi connectivity index (χ0v) is 12.6. The molecular weight excluding hydrogens is 390 g/mol. The largest absolute Gasteiger partial charge is 0.336 e. The van der Waals surface area contributed by atoms with Gasteiger partial charge in [0.1, 0.15) is 40.3 Å². The molecule has 0 unspecified atom stereocenters. The van der Waals surface area contributed by atoms with Gasteiger partial charge in [-0.15, -0.1) is 0 Å². The first-order valence-corrected chi connectivity index (χ1v) is 7.75. The Hall–Kier alpha value is -1.07. The van der Waals surface area contributed by atoms with Gasteiger partial charge in [0.25, 0.3) is 5.89 Å². The van der Waals surface area contributed by atoms with Gasteiger partial charge in [-0.2, -0.15) is 4.98 Å². The highest BCUT2D eigenvalue weighted by Gasteiger charge is 2.16. The van der Waals surface area contributed by atoms with Crippen LogP contribution in [0.2, 0.25) is 0 Å². The zero-order valence-electron chi connectivity index (χ0n) is 9.63. The van der Waals surface area contributed by atoms with Crippen LogP contribution in [0.15, 0.2) is 27.6 Å². The molecule has 19 heavy (non-hydrogen) atoms. The Labute approximate surface area is 122 Å². The maximum atomic E-state index is 13.7. The summed E-state index contributed by atoms with van der Waals surface area (Å²) in [5, 5.41) is 3.65. The van der Waals surface area contributed by atoms with E-state index in [-0.39, 0.29) is 23.2 Å². The molecule has 0 bridgehead atoms. The molecule has 6 nitrogen and oxygen atoms in total. The fourth-order valence-corrected chi connectivity index (χ4v) is 2.41. The molecule has 1 aromatic carbocycles. The number of benzene rings is 1. The lowest BCUT2D eigenvalue weighted by molar-refractivity contribution is 0.299. The Morgan fingerprint density at radius 2 is 2.21 bits per heavy atom. The molecule has 0 atom stereocenters. The summed E-state index contributed by atoms with van der Waals surface area (Å²) in [5.74, 6) is -0.434. The predicted molar refractivity (Wildman–Crippen MR) is 71.6 cm³/mol. The summed E-state index contributed by atoms with van der Waals surface area (Å²) < 4.78 is 45.9. The van der Waals surface area contributed by atoms with E-state index < -0.39 is 15.7 Å². The molecule has 9 heteroatoms. The normalized spacial score (nSPS) is 11.7. The monoisotopic (exact) mass is 398 g/mol. The fourth-order valence-electron chi connectivity index (χ4n) is 1.42. The van der Waals surface area contributed by atoms with E-state index in [4.69, 9.17) is 7.59 Å². The molecule has 1 aromatic heterocycles. The number of nitrogens with zero attached hydrogens (tertiary/aromatic N) is 2. The number of hydrogen-bond donors (Lipinski definition) is 0. The van der Waals surface area contributed by atoms with E-state index in [1.54, 1.807) is 23.0 Å². The fraction of sp³-hybridized carbons (Fsp3) is 0.200. The molecule has 1 heterocycles. The van der Waals surface area contributed by atoms with Crippen LogP contribution in [0.1, 0.15) is 5.89 Å². The van der Waals surface area contributed by atoms with Crippen LogP contribution < -0.4 is 0 Å². The third-order valence-corrected chi connectivity index (χ3v) is 3.68. The molecule has 0 aliphatic heterocycles. The van der Waals surface area contributed by atoms with E-state index in [0.29, 0.717) is 5.56 Å². The van der Waals surface area contributed by atoms with E-state index >= 15 is 0 Å². The minimum Gasteiger partial charge on any atom is -0.336 e. The Morgan fingerprint density at radius 1 is 1.47 bits per heavy atom. The average molecular weight is 398 g/mol. The van der Waals surface area contributed by atoms with Crippen LogP contribution in [0.5, 0.6) is 0 Å². The Morgan fingerprint density at radius 3 is 2.79 bits per heavy atom. The van der Waals surface area contributed by atoms with Crippen LogP contribution in [0, 0.1) is 5.82 Å². The second kappa shape index (κ2) is 5.51.